The summed E-state index contributed by atoms with van der Waals surface area (Å²) in [7, 11) is 1.58. The Morgan fingerprint density at radius 3 is 2.53 bits per heavy atom. The van der Waals surface area contributed by atoms with Crippen LogP contribution in [0.1, 0.15) is 26.2 Å². The Balaban J connectivity index is 2.38. The molecule has 0 aromatic carbocycles. The van der Waals surface area contributed by atoms with Crippen LogP contribution in [0.2, 0.25) is 0 Å². The quantitative estimate of drug-likeness (QED) is 0.471. The molecule has 1 saturated carbocycles. The zero-order valence-electron chi connectivity index (χ0n) is 9.32. The van der Waals surface area contributed by atoms with Crippen molar-refractivity contribution >= 4 is 11.8 Å². The molecule has 86 valence electrons. The van der Waals surface area contributed by atoms with Crippen molar-refractivity contribution in [3.05, 3.63) is 0 Å². The number of ketones is 1. The Morgan fingerprint density at radius 2 is 2.07 bits per heavy atom. The average Bonchev–Trinajstić information content (AvgIpc) is 2.97. The topological polar surface area (TPSA) is 52.6 Å². The van der Waals surface area contributed by atoms with E-state index in [-0.39, 0.29) is 18.1 Å². The lowest BCUT2D eigenvalue weighted by molar-refractivity contribution is -0.146. The predicted molar refractivity (Wildman–Crippen MR) is 54.3 cm³/mol. The van der Waals surface area contributed by atoms with E-state index in [1.807, 2.05) is 0 Å². The number of carbonyl (C=O) groups excluding carboxylic acids is 2. The molecule has 0 amide bonds. The van der Waals surface area contributed by atoms with Gasteiger partial charge in [-0.1, -0.05) is 0 Å². The lowest BCUT2D eigenvalue weighted by atomic mass is 9.97. The van der Waals surface area contributed by atoms with Crippen LogP contribution in [0.3, 0.4) is 0 Å². The molecule has 0 saturated heterocycles. The Bertz CT molecular complexity index is 233. The van der Waals surface area contributed by atoms with Gasteiger partial charge >= 0.3 is 5.97 Å². The summed E-state index contributed by atoms with van der Waals surface area (Å²) in [5.41, 5.74) is 0. The van der Waals surface area contributed by atoms with Gasteiger partial charge < -0.3 is 9.47 Å². The highest BCUT2D eigenvalue weighted by molar-refractivity contribution is 5.97. The van der Waals surface area contributed by atoms with Gasteiger partial charge in [-0.15, -0.1) is 0 Å². The molecule has 0 unspecified atom stereocenters. The summed E-state index contributed by atoms with van der Waals surface area (Å²) in [5, 5.41) is 0. The van der Waals surface area contributed by atoms with Crippen LogP contribution in [0.15, 0.2) is 0 Å². The number of methoxy groups -OCH3 is 1. The molecule has 0 aromatic rings. The number of hydrogen-bond acceptors (Lipinski definition) is 4. The molecule has 0 N–H and O–H groups in total. The molecule has 1 aliphatic rings. The van der Waals surface area contributed by atoms with Crippen molar-refractivity contribution < 1.29 is 19.1 Å². The third-order valence-corrected chi connectivity index (χ3v) is 2.57. The maximum Gasteiger partial charge on any atom is 0.313 e. The van der Waals surface area contributed by atoms with Gasteiger partial charge in [0, 0.05) is 13.0 Å². The van der Waals surface area contributed by atoms with E-state index in [2.05, 4.69) is 0 Å². The summed E-state index contributed by atoms with van der Waals surface area (Å²) in [6.45, 7) is 2.48. The number of hydrogen-bond donors (Lipinski definition) is 0. The van der Waals surface area contributed by atoms with Crippen LogP contribution < -0.4 is 0 Å². The number of Topliss-reactive ketones (excluding diaryl/α,β-unsaturated/α-hetero) is 1. The van der Waals surface area contributed by atoms with Gasteiger partial charge in [0.05, 0.1) is 13.2 Å². The Morgan fingerprint density at radius 1 is 1.40 bits per heavy atom. The molecule has 4 nitrogen and oxygen atoms in total. The van der Waals surface area contributed by atoms with E-state index >= 15 is 0 Å². The summed E-state index contributed by atoms with van der Waals surface area (Å²) in [6.07, 6.45) is 2.03. The molecule has 0 spiro atoms. The summed E-state index contributed by atoms with van der Waals surface area (Å²) in [6, 6.07) is 0. The zero-order chi connectivity index (χ0) is 11.3. The molecule has 15 heavy (non-hydrogen) atoms. The largest absolute Gasteiger partial charge is 0.466 e. The fourth-order valence-corrected chi connectivity index (χ4v) is 1.66. The summed E-state index contributed by atoms with van der Waals surface area (Å²) >= 11 is 0. The fraction of sp³-hybridized carbons (Fsp3) is 0.818. The predicted octanol–water partition coefficient (Wildman–Crippen LogP) is 1.18. The second-order valence-electron chi connectivity index (χ2n) is 3.85. The first-order valence-corrected chi connectivity index (χ1v) is 5.36. The van der Waals surface area contributed by atoms with Crippen LogP contribution in [0.4, 0.5) is 0 Å². The lowest BCUT2D eigenvalue weighted by Crippen LogP contribution is -2.24. The number of esters is 1. The van der Waals surface area contributed by atoms with E-state index in [0.717, 1.165) is 12.8 Å². The van der Waals surface area contributed by atoms with Crippen molar-refractivity contribution in [2.75, 3.05) is 20.3 Å². The third-order valence-electron chi connectivity index (χ3n) is 2.57. The standard InChI is InChI=1S/C11H18O4/c1-3-15-11(13)6-10(12)9(7-14-2)8-4-5-8/h8-9H,3-7H2,1-2H3/t9-/m1/s1. The summed E-state index contributed by atoms with van der Waals surface area (Å²) in [5.74, 6) is -0.159. The van der Waals surface area contributed by atoms with E-state index in [0.29, 0.717) is 19.1 Å². The Hall–Kier alpha value is -0.900. The van der Waals surface area contributed by atoms with Gasteiger partial charge in [0.15, 0.2) is 0 Å². The first-order valence-electron chi connectivity index (χ1n) is 5.36. The van der Waals surface area contributed by atoms with Gasteiger partial charge in [-0.05, 0) is 25.7 Å². The molecule has 0 aromatic heterocycles. The molecule has 1 atom stereocenters. The molecular weight excluding hydrogens is 196 g/mol. The van der Waals surface area contributed by atoms with E-state index in [9.17, 15) is 9.59 Å². The van der Waals surface area contributed by atoms with Crippen molar-refractivity contribution in [3.63, 3.8) is 0 Å². The molecule has 0 aliphatic heterocycles. The van der Waals surface area contributed by atoms with Gasteiger partial charge in [-0.25, -0.2) is 0 Å². The highest BCUT2D eigenvalue weighted by atomic mass is 16.5. The molecule has 0 bridgehead atoms. The van der Waals surface area contributed by atoms with Crippen LogP contribution in [0, 0.1) is 11.8 Å². The molecule has 1 aliphatic carbocycles. The van der Waals surface area contributed by atoms with Crippen LogP contribution in [0.25, 0.3) is 0 Å². The Kier molecular flexibility index (Phi) is 4.75. The van der Waals surface area contributed by atoms with Crippen molar-refractivity contribution in [3.8, 4) is 0 Å². The van der Waals surface area contributed by atoms with Crippen LogP contribution >= 0.6 is 0 Å². The van der Waals surface area contributed by atoms with E-state index in [4.69, 9.17) is 9.47 Å². The van der Waals surface area contributed by atoms with Crippen molar-refractivity contribution in [2.24, 2.45) is 11.8 Å². The third kappa shape index (κ3) is 4.00. The highest BCUT2D eigenvalue weighted by Gasteiger charge is 2.36. The highest BCUT2D eigenvalue weighted by Crippen LogP contribution is 2.37. The Labute approximate surface area is 89.9 Å². The number of carbonyl (C=O) groups is 2. The maximum atomic E-state index is 11.7. The SMILES string of the molecule is CCOC(=O)CC(=O)[C@H](COC)C1CC1. The number of rotatable bonds is 7. The van der Waals surface area contributed by atoms with Crippen LogP contribution in [0.5, 0.6) is 0 Å². The molecule has 1 fully saturated rings. The van der Waals surface area contributed by atoms with Gasteiger partial charge in [-0.3, -0.25) is 9.59 Å². The van der Waals surface area contributed by atoms with Crippen LogP contribution in [-0.2, 0) is 19.1 Å². The minimum atomic E-state index is -0.427. The molecular formula is C11H18O4. The first-order chi connectivity index (χ1) is 7.19. The van der Waals surface area contributed by atoms with Gasteiger partial charge in [0.2, 0.25) is 0 Å². The van der Waals surface area contributed by atoms with E-state index in [1.54, 1.807) is 14.0 Å². The van der Waals surface area contributed by atoms with Gasteiger partial charge in [0.1, 0.15) is 12.2 Å². The smallest absolute Gasteiger partial charge is 0.313 e. The second-order valence-corrected chi connectivity index (χ2v) is 3.85. The normalized spacial score (nSPS) is 17.2. The fourth-order valence-electron chi connectivity index (χ4n) is 1.66. The maximum absolute atomic E-state index is 11.7. The van der Waals surface area contributed by atoms with Crippen molar-refractivity contribution in [1.82, 2.24) is 0 Å². The molecule has 1 rings (SSSR count). The van der Waals surface area contributed by atoms with Gasteiger partial charge in [0.25, 0.3) is 0 Å². The van der Waals surface area contributed by atoms with Crippen molar-refractivity contribution in [2.45, 2.75) is 26.2 Å². The molecule has 0 heterocycles. The summed E-state index contributed by atoms with van der Waals surface area (Å²) < 4.78 is 9.74. The average molecular weight is 214 g/mol. The minimum absolute atomic E-state index is 0.0437. The van der Waals surface area contributed by atoms with E-state index < -0.39 is 5.97 Å². The van der Waals surface area contributed by atoms with Crippen LogP contribution in [-0.4, -0.2) is 32.1 Å². The second kappa shape index (κ2) is 5.85. The van der Waals surface area contributed by atoms with Gasteiger partial charge in [-0.2, -0.15) is 0 Å². The minimum Gasteiger partial charge on any atom is -0.466 e. The monoisotopic (exact) mass is 214 g/mol. The lowest BCUT2D eigenvalue weighted by Gasteiger charge is -2.13. The zero-order valence-corrected chi connectivity index (χ0v) is 9.32. The molecule has 4 heteroatoms. The first kappa shape index (κ1) is 12.2. The molecule has 0 radical (unpaired) electrons. The summed E-state index contributed by atoms with van der Waals surface area (Å²) in [4.78, 5) is 22.8. The van der Waals surface area contributed by atoms with E-state index in [1.165, 1.54) is 0 Å². The van der Waals surface area contributed by atoms with Crippen molar-refractivity contribution in [1.29, 1.82) is 0 Å². The number of ether oxygens (including phenoxy) is 2.